The third-order valence-electron chi connectivity index (χ3n) is 4.20. The van der Waals surface area contributed by atoms with Crippen LogP contribution in [0.4, 0.5) is 0 Å². The Labute approximate surface area is 132 Å². The monoisotopic (exact) mass is 286 g/mol. The third kappa shape index (κ3) is 9.50. The van der Waals surface area contributed by atoms with Gasteiger partial charge in [-0.3, -0.25) is 0 Å². The molecule has 0 nitrogen and oxygen atoms in total. The van der Waals surface area contributed by atoms with Crippen LogP contribution in [-0.2, 0) is 6.42 Å². The van der Waals surface area contributed by atoms with Crippen molar-refractivity contribution in [1.29, 1.82) is 0 Å². The van der Waals surface area contributed by atoms with Gasteiger partial charge in [-0.25, -0.2) is 0 Å². The molecule has 0 aliphatic carbocycles. The molecular weight excluding hydrogens is 252 g/mol. The first-order chi connectivity index (χ1) is 10.2. The maximum atomic E-state index is 2.40. The van der Waals surface area contributed by atoms with Crippen LogP contribution in [0.2, 0.25) is 0 Å². The van der Waals surface area contributed by atoms with Crippen LogP contribution in [0.15, 0.2) is 36.4 Å². The minimum absolute atomic E-state index is 0.728. The standard InChI is InChI=1S/C21H34/c1-4-5-6-7-8-9-10-12-19(2)13-11-14-21-17-15-20(3)16-18-21/h11,13,15-19H,4-10,12,14H2,1-3H3. The average Bonchev–Trinajstić information content (AvgIpc) is 2.48. The lowest BCUT2D eigenvalue weighted by molar-refractivity contribution is 0.537. The minimum Gasteiger partial charge on any atom is -0.0854 e. The summed E-state index contributed by atoms with van der Waals surface area (Å²) in [7, 11) is 0. The van der Waals surface area contributed by atoms with Crippen LogP contribution in [0.5, 0.6) is 0 Å². The highest BCUT2D eigenvalue weighted by molar-refractivity contribution is 5.23. The normalized spacial score (nSPS) is 12.9. The maximum Gasteiger partial charge on any atom is -0.00974 e. The number of unbranched alkanes of at least 4 members (excludes halogenated alkanes) is 6. The van der Waals surface area contributed by atoms with Crippen molar-refractivity contribution in [3.63, 3.8) is 0 Å². The van der Waals surface area contributed by atoms with E-state index in [1.807, 2.05) is 0 Å². The Morgan fingerprint density at radius 2 is 1.52 bits per heavy atom. The summed E-state index contributed by atoms with van der Waals surface area (Å²) in [4.78, 5) is 0. The Hall–Kier alpha value is -1.04. The van der Waals surface area contributed by atoms with E-state index in [2.05, 4.69) is 57.2 Å². The van der Waals surface area contributed by atoms with Gasteiger partial charge in [0.15, 0.2) is 0 Å². The molecule has 1 atom stereocenters. The Morgan fingerprint density at radius 3 is 2.19 bits per heavy atom. The molecule has 21 heavy (non-hydrogen) atoms. The zero-order chi connectivity index (χ0) is 15.3. The van der Waals surface area contributed by atoms with Gasteiger partial charge in [0.2, 0.25) is 0 Å². The largest absolute Gasteiger partial charge is 0.0854 e. The van der Waals surface area contributed by atoms with Gasteiger partial charge in [0.05, 0.1) is 0 Å². The van der Waals surface area contributed by atoms with E-state index in [9.17, 15) is 0 Å². The van der Waals surface area contributed by atoms with Crippen molar-refractivity contribution in [2.75, 3.05) is 0 Å². The van der Waals surface area contributed by atoms with Crippen molar-refractivity contribution in [2.45, 2.75) is 78.6 Å². The topological polar surface area (TPSA) is 0 Å². The van der Waals surface area contributed by atoms with Crippen molar-refractivity contribution < 1.29 is 0 Å². The van der Waals surface area contributed by atoms with Crippen LogP contribution >= 0.6 is 0 Å². The molecule has 0 aromatic heterocycles. The summed E-state index contributed by atoms with van der Waals surface area (Å²) in [6.45, 7) is 6.78. The van der Waals surface area contributed by atoms with E-state index >= 15 is 0 Å². The first-order valence-electron chi connectivity index (χ1n) is 8.94. The molecule has 1 unspecified atom stereocenters. The molecule has 0 saturated heterocycles. The fraction of sp³-hybridized carbons (Fsp3) is 0.619. The SMILES string of the molecule is CCCCCCCCCC(C)C=CCc1ccc(C)cc1. The lowest BCUT2D eigenvalue weighted by atomic mass is 10.0. The van der Waals surface area contributed by atoms with Gasteiger partial charge in [-0.2, -0.15) is 0 Å². The van der Waals surface area contributed by atoms with Crippen LogP contribution < -0.4 is 0 Å². The highest BCUT2D eigenvalue weighted by Crippen LogP contribution is 2.14. The predicted octanol–water partition coefficient (Wildman–Crippen LogP) is 6.87. The van der Waals surface area contributed by atoms with Gasteiger partial charge >= 0.3 is 0 Å². The molecular formula is C21H34. The van der Waals surface area contributed by atoms with Crippen LogP contribution in [0.25, 0.3) is 0 Å². The summed E-state index contributed by atoms with van der Waals surface area (Å²) in [6.07, 6.45) is 17.0. The van der Waals surface area contributed by atoms with E-state index in [4.69, 9.17) is 0 Å². The summed E-state index contributed by atoms with van der Waals surface area (Å²) >= 11 is 0. The summed E-state index contributed by atoms with van der Waals surface area (Å²) in [5.41, 5.74) is 2.76. The summed E-state index contributed by atoms with van der Waals surface area (Å²) in [5, 5.41) is 0. The Kier molecular flexibility index (Phi) is 9.95. The van der Waals surface area contributed by atoms with Gasteiger partial charge in [0, 0.05) is 0 Å². The average molecular weight is 287 g/mol. The van der Waals surface area contributed by atoms with Crippen molar-refractivity contribution >= 4 is 0 Å². The lowest BCUT2D eigenvalue weighted by Crippen LogP contribution is -1.91. The van der Waals surface area contributed by atoms with E-state index in [-0.39, 0.29) is 0 Å². The zero-order valence-electron chi connectivity index (χ0n) is 14.4. The van der Waals surface area contributed by atoms with Crippen molar-refractivity contribution in [2.24, 2.45) is 5.92 Å². The van der Waals surface area contributed by atoms with E-state index in [0.717, 1.165) is 12.3 Å². The Morgan fingerprint density at radius 1 is 0.905 bits per heavy atom. The molecule has 1 rings (SSSR count). The highest BCUT2D eigenvalue weighted by atomic mass is 14.0. The van der Waals surface area contributed by atoms with Crippen LogP contribution in [-0.4, -0.2) is 0 Å². The van der Waals surface area contributed by atoms with Gasteiger partial charge in [-0.1, -0.05) is 101 Å². The smallest absolute Gasteiger partial charge is 0.00974 e. The summed E-state index contributed by atoms with van der Waals surface area (Å²) in [5.74, 6) is 0.728. The molecule has 0 saturated carbocycles. The second-order valence-electron chi connectivity index (χ2n) is 6.51. The molecule has 1 aromatic rings. The fourth-order valence-electron chi connectivity index (χ4n) is 2.68. The van der Waals surface area contributed by atoms with E-state index in [1.165, 1.54) is 62.5 Å². The predicted molar refractivity (Wildman–Crippen MR) is 95.8 cm³/mol. The van der Waals surface area contributed by atoms with Crippen LogP contribution in [0.3, 0.4) is 0 Å². The highest BCUT2D eigenvalue weighted by Gasteiger charge is 1.97. The van der Waals surface area contributed by atoms with Gasteiger partial charge in [-0.05, 0) is 31.2 Å². The van der Waals surface area contributed by atoms with Gasteiger partial charge in [0.1, 0.15) is 0 Å². The number of rotatable bonds is 11. The molecule has 0 heterocycles. The van der Waals surface area contributed by atoms with Gasteiger partial charge in [-0.15, -0.1) is 0 Å². The first kappa shape index (κ1) is 18.0. The first-order valence-corrected chi connectivity index (χ1v) is 8.94. The molecule has 1 aromatic carbocycles. The van der Waals surface area contributed by atoms with Crippen molar-refractivity contribution in [3.05, 3.63) is 47.5 Å². The van der Waals surface area contributed by atoms with Crippen LogP contribution in [0, 0.1) is 12.8 Å². The third-order valence-corrected chi connectivity index (χ3v) is 4.20. The maximum absolute atomic E-state index is 2.40. The lowest BCUT2D eigenvalue weighted by Gasteiger charge is -2.06. The zero-order valence-corrected chi connectivity index (χ0v) is 14.4. The molecule has 0 bridgehead atoms. The summed E-state index contributed by atoms with van der Waals surface area (Å²) < 4.78 is 0. The quantitative estimate of drug-likeness (QED) is 0.307. The summed E-state index contributed by atoms with van der Waals surface area (Å²) in [6, 6.07) is 8.87. The Bertz CT molecular complexity index is 372. The molecule has 0 spiro atoms. The van der Waals surface area contributed by atoms with Crippen LogP contribution in [0.1, 0.15) is 76.3 Å². The molecule has 0 aliphatic heterocycles. The second-order valence-corrected chi connectivity index (χ2v) is 6.51. The molecule has 0 amide bonds. The number of hydrogen-bond donors (Lipinski definition) is 0. The van der Waals surface area contributed by atoms with E-state index in [0.29, 0.717) is 0 Å². The van der Waals surface area contributed by atoms with Crippen molar-refractivity contribution in [1.82, 2.24) is 0 Å². The number of benzene rings is 1. The van der Waals surface area contributed by atoms with Gasteiger partial charge < -0.3 is 0 Å². The van der Waals surface area contributed by atoms with Gasteiger partial charge in [0.25, 0.3) is 0 Å². The number of hydrogen-bond acceptors (Lipinski definition) is 0. The molecule has 0 fully saturated rings. The van der Waals surface area contributed by atoms with E-state index in [1.54, 1.807) is 0 Å². The van der Waals surface area contributed by atoms with Crippen molar-refractivity contribution in [3.8, 4) is 0 Å². The molecule has 0 heteroatoms. The minimum atomic E-state index is 0.728. The molecule has 0 radical (unpaired) electrons. The number of allylic oxidation sites excluding steroid dienone is 2. The Balaban J connectivity index is 2.06. The molecule has 0 N–H and O–H groups in total. The second kappa shape index (κ2) is 11.6. The van der Waals surface area contributed by atoms with E-state index < -0.39 is 0 Å². The number of aryl methyl sites for hydroxylation is 1. The molecule has 0 aliphatic rings. The fourth-order valence-corrected chi connectivity index (χ4v) is 2.68. The molecule has 118 valence electrons.